The van der Waals surface area contributed by atoms with Crippen LogP contribution in [-0.2, 0) is 0 Å². The Morgan fingerprint density at radius 3 is 2.35 bits per heavy atom. The van der Waals surface area contributed by atoms with Crippen LogP contribution in [0.4, 0.5) is 0 Å². The molecular weight excluding hydrogens is 244 g/mol. The second kappa shape index (κ2) is 9.04. The van der Waals surface area contributed by atoms with Gasteiger partial charge in [-0.2, -0.15) is 0 Å². The molecule has 2 aliphatic rings. The summed E-state index contributed by atoms with van der Waals surface area (Å²) in [6.45, 7) is 7.14. The van der Waals surface area contributed by atoms with Crippen molar-refractivity contribution in [1.82, 2.24) is 10.6 Å². The summed E-state index contributed by atoms with van der Waals surface area (Å²) in [4.78, 5) is 0. The van der Waals surface area contributed by atoms with Crippen molar-refractivity contribution in [2.24, 2.45) is 11.8 Å². The van der Waals surface area contributed by atoms with Crippen LogP contribution in [0.5, 0.6) is 0 Å². The summed E-state index contributed by atoms with van der Waals surface area (Å²) in [6, 6.07) is 1.72. The van der Waals surface area contributed by atoms with E-state index < -0.39 is 0 Å². The minimum atomic E-state index is 0.861. The topological polar surface area (TPSA) is 24.1 Å². The normalized spacial score (nSPS) is 29.2. The van der Waals surface area contributed by atoms with Gasteiger partial charge in [0.1, 0.15) is 0 Å². The van der Waals surface area contributed by atoms with E-state index in [9.17, 15) is 0 Å². The zero-order valence-electron chi connectivity index (χ0n) is 13.8. The van der Waals surface area contributed by atoms with Crippen molar-refractivity contribution in [2.45, 2.75) is 90.1 Å². The van der Waals surface area contributed by atoms with E-state index in [1.54, 1.807) is 0 Å². The Bertz CT molecular complexity index is 240. The zero-order valence-corrected chi connectivity index (χ0v) is 13.8. The molecular formula is C18H36N2. The molecule has 2 N–H and O–H groups in total. The van der Waals surface area contributed by atoms with Crippen molar-refractivity contribution in [3.05, 3.63) is 0 Å². The highest BCUT2D eigenvalue weighted by molar-refractivity contribution is 4.91. The van der Waals surface area contributed by atoms with E-state index in [0.717, 1.165) is 23.9 Å². The summed E-state index contributed by atoms with van der Waals surface area (Å²) >= 11 is 0. The van der Waals surface area contributed by atoms with Gasteiger partial charge >= 0.3 is 0 Å². The minimum Gasteiger partial charge on any atom is -0.317 e. The van der Waals surface area contributed by atoms with Crippen molar-refractivity contribution in [3.8, 4) is 0 Å². The largest absolute Gasteiger partial charge is 0.317 e. The molecule has 2 saturated heterocycles. The molecule has 0 aromatic rings. The van der Waals surface area contributed by atoms with E-state index in [4.69, 9.17) is 0 Å². The molecule has 2 unspecified atom stereocenters. The number of fused-ring (bicyclic) bond motifs is 2. The average molecular weight is 280 g/mol. The molecule has 2 heterocycles. The summed E-state index contributed by atoms with van der Waals surface area (Å²) < 4.78 is 0. The molecule has 0 aromatic heterocycles. The minimum absolute atomic E-state index is 0.861. The molecule has 2 nitrogen and oxygen atoms in total. The molecule has 2 rings (SSSR count). The van der Waals surface area contributed by atoms with Gasteiger partial charge in [-0.3, -0.25) is 0 Å². The smallest absolute Gasteiger partial charge is 0.00728 e. The standard InChI is InChI=1S/C18H36N2/c1-15(2)7-5-3-4-6-11-19-12-10-16-13-17-8-9-18(14-16)20-17/h15-20H,3-14H2,1-2H3. The van der Waals surface area contributed by atoms with Crippen molar-refractivity contribution in [3.63, 3.8) is 0 Å². The van der Waals surface area contributed by atoms with Crippen LogP contribution in [0.25, 0.3) is 0 Å². The first-order chi connectivity index (χ1) is 9.74. The predicted octanol–water partition coefficient (Wildman–Crippen LogP) is 4.10. The van der Waals surface area contributed by atoms with Crippen molar-refractivity contribution >= 4 is 0 Å². The molecule has 0 saturated carbocycles. The van der Waals surface area contributed by atoms with Crippen LogP contribution in [0.1, 0.15) is 78.1 Å². The highest BCUT2D eigenvalue weighted by atomic mass is 15.0. The van der Waals surface area contributed by atoms with E-state index in [2.05, 4.69) is 24.5 Å². The van der Waals surface area contributed by atoms with Gasteiger partial charge in [-0.1, -0.05) is 39.5 Å². The Balaban J connectivity index is 1.37. The number of hydrogen-bond acceptors (Lipinski definition) is 2. The first-order valence-corrected chi connectivity index (χ1v) is 9.21. The highest BCUT2D eigenvalue weighted by Gasteiger charge is 2.32. The monoisotopic (exact) mass is 280 g/mol. The SMILES string of the molecule is CC(C)CCCCCCNCCC1CC2CCC(C1)N2. The lowest BCUT2D eigenvalue weighted by molar-refractivity contribution is 0.283. The van der Waals surface area contributed by atoms with Crippen LogP contribution < -0.4 is 10.6 Å². The molecule has 2 heteroatoms. The molecule has 0 radical (unpaired) electrons. The van der Waals surface area contributed by atoms with Gasteiger partial charge in [-0.05, 0) is 63.5 Å². The van der Waals surface area contributed by atoms with Gasteiger partial charge in [-0.25, -0.2) is 0 Å². The van der Waals surface area contributed by atoms with Crippen LogP contribution in [0.2, 0.25) is 0 Å². The summed E-state index contributed by atoms with van der Waals surface area (Å²) in [6.07, 6.45) is 14.2. The fraction of sp³-hybridized carbons (Fsp3) is 1.00. The third kappa shape index (κ3) is 6.13. The van der Waals surface area contributed by atoms with Gasteiger partial charge in [0.05, 0.1) is 0 Å². The molecule has 0 aromatic carbocycles. The van der Waals surface area contributed by atoms with Crippen molar-refractivity contribution in [1.29, 1.82) is 0 Å². The van der Waals surface area contributed by atoms with Gasteiger partial charge in [0, 0.05) is 12.1 Å². The Morgan fingerprint density at radius 1 is 0.950 bits per heavy atom. The summed E-state index contributed by atoms with van der Waals surface area (Å²) in [5, 5.41) is 7.40. The fourth-order valence-corrected chi connectivity index (χ4v) is 4.00. The molecule has 2 bridgehead atoms. The van der Waals surface area contributed by atoms with Crippen LogP contribution in [0, 0.1) is 11.8 Å². The van der Waals surface area contributed by atoms with Crippen LogP contribution >= 0.6 is 0 Å². The second-order valence-electron chi connectivity index (χ2n) is 7.61. The number of rotatable bonds is 10. The quantitative estimate of drug-likeness (QED) is 0.589. The van der Waals surface area contributed by atoms with E-state index in [0.29, 0.717) is 0 Å². The molecule has 2 aliphatic heterocycles. The summed E-state index contributed by atoms with van der Waals surface area (Å²) in [5.74, 6) is 1.88. The zero-order chi connectivity index (χ0) is 14.2. The Labute approximate surface area is 126 Å². The van der Waals surface area contributed by atoms with E-state index in [1.807, 2.05) is 0 Å². The summed E-state index contributed by atoms with van der Waals surface area (Å²) in [5.41, 5.74) is 0. The Hall–Kier alpha value is -0.0800. The molecule has 118 valence electrons. The Kier molecular flexibility index (Phi) is 7.37. The summed E-state index contributed by atoms with van der Waals surface area (Å²) in [7, 11) is 0. The van der Waals surface area contributed by atoms with Crippen LogP contribution in [0.3, 0.4) is 0 Å². The maximum atomic E-state index is 3.74. The third-order valence-electron chi connectivity index (χ3n) is 5.19. The number of unbranched alkanes of at least 4 members (excludes halogenated alkanes) is 3. The first kappa shape index (κ1) is 16.3. The maximum absolute atomic E-state index is 3.74. The molecule has 0 aliphatic carbocycles. The number of hydrogen-bond donors (Lipinski definition) is 2. The number of nitrogens with one attached hydrogen (secondary N) is 2. The molecule has 0 spiro atoms. The van der Waals surface area contributed by atoms with Crippen molar-refractivity contribution < 1.29 is 0 Å². The van der Waals surface area contributed by atoms with E-state index in [-0.39, 0.29) is 0 Å². The Morgan fingerprint density at radius 2 is 1.65 bits per heavy atom. The molecule has 2 atom stereocenters. The lowest BCUT2D eigenvalue weighted by atomic mass is 9.90. The third-order valence-corrected chi connectivity index (χ3v) is 5.19. The van der Waals surface area contributed by atoms with E-state index in [1.165, 1.54) is 77.3 Å². The molecule has 20 heavy (non-hydrogen) atoms. The molecule has 2 fully saturated rings. The average Bonchev–Trinajstić information content (AvgIpc) is 2.75. The fourth-order valence-electron chi connectivity index (χ4n) is 4.00. The number of piperidine rings is 1. The van der Waals surface area contributed by atoms with Gasteiger partial charge in [0.2, 0.25) is 0 Å². The van der Waals surface area contributed by atoms with E-state index >= 15 is 0 Å². The van der Waals surface area contributed by atoms with Crippen LogP contribution in [0.15, 0.2) is 0 Å². The van der Waals surface area contributed by atoms with Crippen molar-refractivity contribution in [2.75, 3.05) is 13.1 Å². The lowest BCUT2D eigenvalue weighted by Crippen LogP contribution is -2.38. The van der Waals surface area contributed by atoms with Gasteiger partial charge in [-0.15, -0.1) is 0 Å². The highest BCUT2D eigenvalue weighted by Crippen LogP contribution is 2.32. The maximum Gasteiger partial charge on any atom is 0.00728 e. The van der Waals surface area contributed by atoms with Gasteiger partial charge in [0.15, 0.2) is 0 Å². The van der Waals surface area contributed by atoms with Crippen LogP contribution in [-0.4, -0.2) is 25.2 Å². The van der Waals surface area contributed by atoms with Gasteiger partial charge < -0.3 is 10.6 Å². The lowest BCUT2D eigenvalue weighted by Gasteiger charge is -2.29. The predicted molar refractivity (Wildman–Crippen MR) is 88.1 cm³/mol. The van der Waals surface area contributed by atoms with Gasteiger partial charge in [0.25, 0.3) is 0 Å². The first-order valence-electron chi connectivity index (χ1n) is 9.21. The molecule has 0 amide bonds. The second-order valence-corrected chi connectivity index (χ2v) is 7.61.